The van der Waals surface area contributed by atoms with E-state index in [4.69, 9.17) is 26.2 Å². The van der Waals surface area contributed by atoms with Crippen molar-refractivity contribution in [3.63, 3.8) is 0 Å². The molecule has 22 heavy (non-hydrogen) atoms. The van der Waals surface area contributed by atoms with Gasteiger partial charge in [-0.2, -0.15) is 0 Å². The molecule has 0 amide bonds. The quantitative estimate of drug-likeness (QED) is 0.789. The van der Waals surface area contributed by atoms with E-state index in [1.165, 1.54) is 24.6 Å². The van der Waals surface area contributed by atoms with E-state index < -0.39 is 5.97 Å². The van der Waals surface area contributed by atoms with Crippen LogP contribution in [0.2, 0.25) is 5.02 Å². The van der Waals surface area contributed by atoms with Gasteiger partial charge in [0.2, 0.25) is 0 Å². The van der Waals surface area contributed by atoms with Gasteiger partial charge in [0.25, 0.3) is 0 Å². The lowest BCUT2D eigenvalue weighted by Crippen LogP contribution is -1.96. The van der Waals surface area contributed by atoms with E-state index in [2.05, 4.69) is 4.98 Å². The van der Waals surface area contributed by atoms with Crippen molar-refractivity contribution in [1.82, 2.24) is 9.38 Å². The molecule has 0 aliphatic heterocycles. The fourth-order valence-corrected chi connectivity index (χ4v) is 3.25. The van der Waals surface area contributed by atoms with Crippen LogP contribution in [-0.4, -0.2) is 34.7 Å². The molecule has 6 nitrogen and oxygen atoms in total. The average molecular weight is 339 g/mol. The minimum Gasteiger partial charge on any atom is -0.496 e. The molecule has 0 atom stereocenters. The number of nitrogens with zero attached hydrogens (tertiary/aromatic N) is 2. The number of hydrogen-bond acceptors (Lipinski definition) is 5. The number of ether oxygens (including phenoxy) is 2. The Balaban J connectivity index is 2.22. The van der Waals surface area contributed by atoms with E-state index in [-0.39, 0.29) is 5.69 Å². The Morgan fingerprint density at radius 3 is 2.68 bits per heavy atom. The van der Waals surface area contributed by atoms with Gasteiger partial charge in [0, 0.05) is 23.2 Å². The summed E-state index contributed by atoms with van der Waals surface area (Å²) in [6.07, 6.45) is 1.47. The molecule has 2 heterocycles. The molecule has 0 fully saturated rings. The summed E-state index contributed by atoms with van der Waals surface area (Å²) in [5.74, 6) is 0.0127. The minimum atomic E-state index is -1.07. The summed E-state index contributed by atoms with van der Waals surface area (Å²) in [6, 6.07) is 3.41. The van der Waals surface area contributed by atoms with Crippen LogP contribution in [-0.2, 0) is 0 Å². The maximum Gasteiger partial charge on any atom is 0.356 e. The number of fused-ring (bicyclic) bond motifs is 1. The van der Waals surface area contributed by atoms with Crippen LogP contribution in [0.1, 0.15) is 10.5 Å². The van der Waals surface area contributed by atoms with Crippen LogP contribution in [0.3, 0.4) is 0 Å². The number of benzene rings is 1. The van der Waals surface area contributed by atoms with Crippen molar-refractivity contribution in [3.05, 3.63) is 34.4 Å². The fraction of sp³-hybridized carbons (Fsp3) is 0.143. The number of imidazole rings is 1. The van der Waals surface area contributed by atoms with Gasteiger partial charge in [-0.05, 0) is 6.07 Å². The smallest absolute Gasteiger partial charge is 0.356 e. The number of carboxylic acid groups (broad SMARTS) is 1. The predicted octanol–water partition coefficient (Wildman–Crippen LogP) is 3.43. The van der Waals surface area contributed by atoms with Gasteiger partial charge in [-0.15, -0.1) is 11.3 Å². The highest BCUT2D eigenvalue weighted by Crippen LogP contribution is 2.39. The third kappa shape index (κ3) is 2.28. The van der Waals surface area contributed by atoms with E-state index in [1.807, 2.05) is 5.38 Å². The first-order chi connectivity index (χ1) is 10.5. The highest BCUT2D eigenvalue weighted by atomic mass is 35.5. The summed E-state index contributed by atoms with van der Waals surface area (Å²) in [5, 5.41) is 11.4. The molecule has 0 saturated carbocycles. The zero-order valence-electron chi connectivity index (χ0n) is 11.7. The summed E-state index contributed by atoms with van der Waals surface area (Å²) in [5.41, 5.74) is 1.47. The number of aromatic carboxylic acids is 1. The Labute approximate surface area is 134 Å². The summed E-state index contributed by atoms with van der Waals surface area (Å²) in [7, 11) is 3.07. The van der Waals surface area contributed by atoms with Crippen molar-refractivity contribution in [2.24, 2.45) is 0 Å². The van der Waals surface area contributed by atoms with Crippen molar-refractivity contribution in [2.75, 3.05) is 14.2 Å². The second-order valence-corrected chi connectivity index (χ2v) is 5.64. The van der Waals surface area contributed by atoms with Gasteiger partial charge in [-0.25, -0.2) is 9.78 Å². The molecule has 0 bridgehead atoms. The van der Waals surface area contributed by atoms with Gasteiger partial charge >= 0.3 is 5.97 Å². The van der Waals surface area contributed by atoms with Crippen LogP contribution in [0.5, 0.6) is 11.5 Å². The van der Waals surface area contributed by atoms with Gasteiger partial charge in [0.15, 0.2) is 10.7 Å². The van der Waals surface area contributed by atoms with Crippen molar-refractivity contribution in [2.45, 2.75) is 0 Å². The highest BCUT2D eigenvalue weighted by Gasteiger charge is 2.18. The lowest BCUT2D eigenvalue weighted by atomic mass is 10.1. The van der Waals surface area contributed by atoms with Crippen molar-refractivity contribution in [1.29, 1.82) is 0 Å². The van der Waals surface area contributed by atoms with Crippen LogP contribution < -0.4 is 9.47 Å². The average Bonchev–Trinajstić information content (AvgIpc) is 3.07. The lowest BCUT2D eigenvalue weighted by Gasteiger charge is -2.11. The Bertz CT molecular complexity index is 871. The molecule has 0 aliphatic carbocycles. The van der Waals surface area contributed by atoms with E-state index in [0.717, 1.165) is 11.3 Å². The predicted molar refractivity (Wildman–Crippen MR) is 83.6 cm³/mol. The molecule has 0 radical (unpaired) electrons. The van der Waals surface area contributed by atoms with Crippen LogP contribution in [0, 0.1) is 0 Å². The Morgan fingerprint density at radius 1 is 1.32 bits per heavy atom. The Morgan fingerprint density at radius 2 is 2.05 bits per heavy atom. The van der Waals surface area contributed by atoms with Gasteiger partial charge in [0.05, 0.1) is 24.9 Å². The zero-order chi connectivity index (χ0) is 15.9. The molecular weight excluding hydrogens is 328 g/mol. The van der Waals surface area contributed by atoms with E-state index in [0.29, 0.717) is 21.5 Å². The molecule has 2 aromatic heterocycles. The maximum absolute atomic E-state index is 11.0. The standard InChI is InChI=1S/C14H11ClN2O4S/c1-20-11-4-12(21-2)8(15)3-7(11)10-6-22-14-16-9(13(18)19)5-17(10)14/h3-6H,1-2H3,(H,18,19). The van der Waals surface area contributed by atoms with Gasteiger partial charge < -0.3 is 14.6 Å². The second kappa shape index (κ2) is 5.51. The second-order valence-electron chi connectivity index (χ2n) is 4.39. The molecule has 8 heteroatoms. The number of halogens is 1. The topological polar surface area (TPSA) is 73.1 Å². The number of rotatable bonds is 4. The van der Waals surface area contributed by atoms with Crippen molar-refractivity contribution in [3.8, 4) is 22.8 Å². The molecule has 114 valence electrons. The highest BCUT2D eigenvalue weighted by molar-refractivity contribution is 7.15. The van der Waals surface area contributed by atoms with Gasteiger partial charge in [-0.3, -0.25) is 4.40 Å². The van der Waals surface area contributed by atoms with Crippen LogP contribution in [0.15, 0.2) is 23.7 Å². The molecule has 0 unspecified atom stereocenters. The Hall–Kier alpha value is -2.25. The number of carboxylic acids is 1. The monoisotopic (exact) mass is 338 g/mol. The number of hydrogen-bond donors (Lipinski definition) is 1. The first kappa shape index (κ1) is 14.7. The number of carbonyl (C=O) groups is 1. The zero-order valence-corrected chi connectivity index (χ0v) is 13.2. The largest absolute Gasteiger partial charge is 0.496 e. The summed E-state index contributed by atoms with van der Waals surface area (Å²) >= 11 is 7.53. The molecular formula is C14H11ClN2O4S. The fourth-order valence-electron chi connectivity index (χ4n) is 2.14. The number of methoxy groups -OCH3 is 2. The van der Waals surface area contributed by atoms with E-state index in [9.17, 15) is 4.79 Å². The van der Waals surface area contributed by atoms with E-state index in [1.54, 1.807) is 23.6 Å². The SMILES string of the molecule is COc1cc(OC)c(-c2csc3nc(C(=O)O)cn23)cc1Cl. The molecule has 1 N–H and O–H groups in total. The van der Waals surface area contributed by atoms with Crippen LogP contribution in [0.4, 0.5) is 0 Å². The normalized spacial score (nSPS) is 10.9. The van der Waals surface area contributed by atoms with Gasteiger partial charge in [0.1, 0.15) is 11.5 Å². The first-order valence-electron chi connectivity index (χ1n) is 6.17. The third-order valence-electron chi connectivity index (χ3n) is 3.18. The van der Waals surface area contributed by atoms with Gasteiger partial charge in [-0.1, -0.05) is 11.6 Å². The Kier molecular flexibility index (Phi) is 3.67. The van der Waals surface area contributed by atoms with E-state index >= 15 is 0 Å². The number of aromatic nitrogens is 2. The maximum atomic E-state index is 11.0. The first-order valence-corrected chi connectivity index (χ1v) is 7.42. The summed E-state index contributed by atoms with van der Waals surface area (Å²) < 4.78 is 12.3. The molecule has 3 aromatic rings. The van der Waals surface area contributed by atoms with Crippen molar-refractivity contribution >= 4 is 33.9 Å². The van der Waals surface area contributed by atoms with Crippen molar-refractivity contribution < 1.29 is 19.4 Å². The minimum absolute atomic E-state index is 0.00771. The van der Waals surface area contributed by atoms with Crippen LogP contribution in [0.25, 0.3) is 16.2 Å². The molecule has 3 rings (SSSR count). The van der Waals surface area contributed by atoms with Crippen LogP contribution >= 0.6 is 22.9 Å². The molecule has 0 spiro atoms. The lowest BCUT2D eigenvalue weighted by molar-refractivity contribution is 0.0691. The molecule has 0 saturated heterocycles. The molecule has 0 aliphatic rings. The molecule has 1 aromatic carbocycles. The third-order valence-corrected chi connectivity index (χ3v) is 4.31. The summed E-state index contributed by atoms with van der Waals surface area (Å²) in [6.45, 7) is 0. The number of thiazole rings is 1. The summed E-state index contributed by atoms with van der Waals surface area (Å²) in [4.78, 5) is 15.7.